The summed E-state index contributed by atoms with van der Waals surface area (Å²) in [7, 11) is 0. The van der Waals surface area contributed by atoms with E-state index in [1.807, 2.05) is 12.2 Å². The van der Waals surface area contributed by atoms with Gasteiger partial charge in [-0.05, 0) is 50.0 Å². The second-order valence-electron chi connectivity index (χ2n) is 7.60. The number of ketones is 1. The number of ether oxygens (including phenoxy) is 1. The second kappa shape index (κ2) is 3.22. The smallest absolute Gasteiger partial charge is 0.161 e. The maximum atomic E-state index is 12.5. The van der Waals surface area contributed by atoms with Gasteiger partial charge in [-0.1, -0.05) is 19.1 Å². The van der Waals surface area contributed by atoms with Crippen LogP contribution in [0.4, 0.5) is 0 Å². The van der Waals surface area contributed by atoms with Crippen molar-refractivity contribution in [3.05, 3.63) is 24.8 Å². The highest BCUT2D eigenvalue weighted by molar-refractivity contribution is 5.96. The summed E-state index contributed by atoms with van der Waals surface area (Å²) in [6.45, 7) is 8.27. The van der Waals surface area contributed by atoms with Gasteiger partial charge in [-0.2, -0.15) is 0 Å². The molecule has 2 heterocycles. The SMILES string of the molecule is C=CC[C@]1(C)C(=O)C=C[C@]23C[C@@H]4C[C@H](O[C@@]4(C)C2)[C@H]31. The summed E-state index contributed by atoms with van der Waals surface area (Å²) in [5.41, 5.74) is -0.0228. The van der Waals surface area contributed by atoms with E-state index >= 15 is 0 Å². The van der Waals surface area contributed by atoms with Gasteiger partial charge in [0.05, 0.1) is 11.7 Å². The van der Waals surface area contributed by atoms with Crippen molar-refractivity contribution in [2.75, 3.05) is 0 Å². The zero-order chi connectivity index (χ0) is 13.5. The second-order valence-corrected chi connectivity index (χ2v) is 7.60. The summed E-state index contributed by atoms with van der Waals surface area (Å²) in [5.74, 6) is 1.31. The molecule has 2 saturated heterocycles. The lowest BCUT2D eigenvalue weighted by Gasteiger charge is -2.55. The lowest BCUT2D eigenvalue weighted by Crippen LogP contribution is -2.56. The zero-order valence-electron chi connectivity index (χ0n) is 11.8. The highest BCUT2D eigenvalue weighted by Crippen LogP contribution is 2.71. The molecule has 2 aliphatic heterocycles. The molecule has 0 N–H and O–H groups in total. The molecule has 2 nitrogen and oxygen atoms in total. The van der Waals surface area contributed by atoms with Gasteiger partial charge < -0.3 is 4.74 Å². The summed E-state index contributed by atoms with van der Waals surface area (Å²) < 4.78 is 6.37. The number of allylic oxidation sites excluding steroid dienone is 3. The molecule has 3 aliphatic carbocycles. The van der Waals surface area contributed by atoms with E-state index in [0.717, 1.165) is 19.3 Å². The maximum absolute atomic E-state index is 12.5. The van der Waals surface area contributed by atoms with Crippen LogP contribution < -0.4 is 0 Å². The van der Waals surface area contributed by atoms with Gasteiger partial charge in [-0.25, -0.2) is 0 Å². The number of carbonyl (C=O) groups is 1. The highest BCUT2D eigenvalue weighted by Gasteiger charge is 2.71. The molecule has 1 spiro atoms. The van der Waals surface area contributed by atoms with Gasteiger partial charge in [0.25, 0.3) is 0 Å². The van der Waals surface area contributed by atoms with Crippen molar-refractivity contribution in [3.8, 4) is 0 Å². The molecule has 0 radical (unpaired) electrons. The van der Waals surface area contributed by atoms with Crippen LogP contribution in [-0.2, 0) is 9.53 Å². The maximum Gasteiger partial charge on any atom is 0.161 e. The Morgan fingerprint density at radius 1 is 1.53 bits per heavy atom. The summed E-state index contributed by atoms with van der Waals surface area (Å²) >= 11 is 0. The van der Waals surface area contributed by atoms with Gasteiger partial charge in [0, 0.05) is 11.3 Å². The minimum Gasteiger partial charge on any atom is -0.371 e. The molecule has 6 atom stereocenters. The molecule has 0 aromatic heterocycles. The van der Waals surface area contributed by atoms with Crippen LogP contribution in [0.5, 0.6) is 0 Å². The molecule has 0 aromatic rings. The fraction of sp³-hybridized carbons (Fsp3) is 0.706. The van der Waals surface area contributed by atoms with Crippen molar-refractivity contribution in [1.82, 2.24) is 0 Å². The van der Waals surface area contributed by atoms with E-state index in [-0.39, 0.29) is 28.3 Å². The van der Waals surface area contributed by atoms with E-state index in [0.29, 0.717) is 11.8 Å². The monoisotopic (exact) mass is 258 g/mol. The van der Waals surface area contributed by atoms with Crippen molar-refractivity contribution in [3.63, 3.8) is 0 Å². The minimum atomic E-state index is -0.308. The first kappa shape index (κ1) is 11.9. The van der Waals surface area contributed by atoms with E-state index in [9.17, 15) is 4.79 Å². The minimum absolute atomic E-state index is 0.0704. The molecule has 0 aromatic carbocycles. The van der Waals surface area contributed by atoms with E-state index in [1.165, 1.54) is 6.42 Å². The molecule has 0 unspecified atom stereocenters. The summed E-state index contributed by atoms with van der Waals surface area (Å²) in [4.78, 5) is 12.5. The van der Waals surface area contributed by atoms with Gasteiger partial charge in [-0.15, -0.1) is 6.58 Å². The van der Waals surface area contributed by atoms with Gasteiger partial charge in [0.2, 0.25) is 0 Å². The van der Waals surface area contributed by atoms with Gasteiger partial charge in [0.15, 0.2) is 5.78 Å². The lowest BCUT2D eigenvalue weighted by molar-refractivity contribution is -0.167. The molecule has 19 heavy (non-hydrogen) atoms. The molecule has 0 amide bonds. The van der Waals surface area contributed by atoms with Crippen molar-refractivity contribution >= 4 is 5.78 Å². The van der Waals surface area contributed by atoms with E-state index in [1.54, 1.807) is 0 Å². The van der Waals surface area contributed by atoms with E-state index in [2.05, 4.69) is 26.5 Å². The Morgan fingerprint density at radius 2 is 2.32 bits per heavy atom. The predicted octanol–water partition coefficient (Wildman–Crippen LogP) is 3.28. The lowest BCUT2D eigenvalue weighted by atomic mass is 9.51. The standard InChI is InChI=1S/C17H22O2/c1-4-6-15(2)13(18)5-7-17-9-11-8-12(14(15)17)19-16(11,3)10-17/h4-5,7,11-12,14H,1,6,8-10H2,2-3H3/t11-,12-,14-,15+,16-,17-/m0/s1. The van der Waals surface area contributed by atoms with Crippen LogP contribution in [0.25, 0.3) is 0 Å². The summed E-state index contributed by atoms with van der Waals surface area (Å²) in [5, 5.41) is 0. The van der Waals surface area contributed by atoms with Crippen LogP contribution in [0, 0.1) is 22.7 Å². The number of carbonyl (C=O) groups excluding carboxylic acids is 1. The van der Waals surface area contributed by atoms with Crippen LogP contribution in [-0.4, -0.2) is 17.5 Å². The first-order chi connectivity index (χ1) is 8.94. The summed E-state index contributed by atoms with van der Waals surface area (Å²) in [6.07, 6.45) is 10.5. The molecule has 102 valence electrons. The van der Waals surface area contributed by atoms with Crippen LogP contribution in [0.2, 0.25) is 0 Å². The van der Waals surface area contributed by atoms with Crippen molar-refractivity contribution < 1.29 is 9.53 Å². The molecule has 4 bridgehead atoms. The molecule has 4 fully saturated rings. The van der Waals surface area contributed by atoms with Crippen LogP contribution in [0.15, 0.2) is 24.8 Å². The third-order valence-corrected chi connectivity index (χ3v) is 6.48. The Balaban J connectivity index is 1.86. The van der Waals surface area contributed by atoms with Crippen LogP contribution >= 0.6 is 0 Å². The third-order valence-electron chi connectivity index (χ3n) is 6.48. The van der Waals surface area contributed by atoms with Gasteiger partial charge in [-0.3, -0.25) is 4.79 Å². The number of rotatable bonds is 2. The normalized spacial score (nSPS) is 57.6. The Kier molecular flexibility index (Phi) is 2.02. The zero-order valence-corrected chi connectivity index (χ0v) is 11.8. The molecule has 5 rings (SSSR count). The topological polar surface area (TPSA) is 26.3 Å². The average molecular weight is 258 g/mol. The average Bonchev–Trinajstić information content (AvgIpc) is 2.68. The van der Waals surface area contributed by atoms with E-state index < -0.39 is 0 Å². The molecular weight excluding hydrogens is 236 g/mol. The van der Waals surface area contributed by atoms with Crippen molar-refractivity contribution in [2.45, 2.75) is 51.2 Å². The van der Waals surface area contributed by atoms with Crippen molar-refractivity contribution in [2.24, 2.45) is 22.7 Å². The fourth-order valence-corrected chi connectivity index (χ4v) is 5.89. The number of hydrogen-bond donors (Lipinski definition) is 0. The fourth-order valence-electron chi connectivity index (χ4n) is 5.89. The Bertz CT molecular complexity index is 507. The van der Waals surface area contributed by atoms with Crippen LogP contribution in [0.3, 0.4) is 0 Å². The predicted molar refractivity (Wildman–Crippen MR) is 73.6 cm³/mol. The van der Waals surface area contributed by atoms with Gasteiger partial charge in [0.1, 0.15) is 0 Å². The molecule has 2 heteroatoms. The molecule has 5 aliphatic rings. The van der Waals surface area contributed by atoms with Gasteiger partial charge >= 0.3 is 0 Å². The molecular formula is C17H22O2. The van der Waals surface area contributed by atoms with E-state index in [4.69, 9.17) is 4.74 Å². The van der Waals surface area contributed by atoms with Crippen molar-refractivity contribution in [1.29, 1.82) is 0 Å². The Labute approximate surface area is 114 Å². The first-order valence-corrected chi connectivity index (χ1v) is 7.46. The Hall–Kier alpha value is -0.890. The third kappa shape index (κ3) is 1.20. The molecule has 2 saturated carbocycles. The quantitative estimate of drug-likeness (QED) is 0.710. The number of hydrogen-bond acceptors (Lipinski definition) is 2. The first-order valence-electron chi connectivity index (χ1n) is 7.46. The van der Waals surface area contributed by atoms with Crippen LogP contribution in [0.1, 0.15) is 39.5 Å². The summed E-state index contributed by atoms with van der Waals surface area (Å²) in [6, 6.07) is 0. The highest BCUT2D eigenvalue weighted by atomic mass is 16.5. The largest absolute Gasteiger partial charge is 0.371 e. The Morgan fingerprint density at radius 3 is 3.00 bits per heavy atom.